The Morgan fingerprint density at radius 2 is 1.57 bits per heavy atom. The largest absolute Gasteiger partial charge is 0.303 e. The van der Waals surface area contributed by atoms with E-state index in [2.05, 4.69) is 9.97 Å². The van der Waals surface area contributed by atoms with Crippen LogP contribution in [0, 0.1) is 0 Å². The molecule has 3 aromatic carbocycles. The summed E-state index contributed by atoms with van der Waals surface area (Å²) in [5.74, 6) is -1.16. The minimum absolute atomic E-state index is 0.209. The van der Waals surface area contributed by atoms with Gasteiger partial charge >= 0.3 is 10.2 Å². The first kappa shape index (κ1) is 27.1. The zero-order chi connectivity index (χ0) is 28.3. The number of rotatable bonds is 8. The summed E-state index contributed by atoms with van der Waals surface area (Å²) in [6, 6.07) is 23.2. The van der Waals surface area contributed by atoms with Gasteiger partial charge in [0.15, 0.2) is 0 Å². The molecule has 1 N–H and O–H groups in total. The highest BCUT2D eigenvalue weighted by molar-refractivity contribution is 7.87. The molecule has 2 heterocycles. The second-order valence-corrected chi connectivity index (χ2v) is 11.5. The van der Waals surface area contributed by atoms with Crippen molar-refractivity contribution in [2.45, 2.75) is 25.3 Å². The van der Waals surface area contributed by atoms with Crippen LogP contribution >= 0.6 is 0 Å². The van der Waals surface area contributed by atoms with E-state index in [1.54, 1.807) is 12.4 Å². The molecule has 0 spiro atoms. The van der Waals surface area contributed by atoms with Crippen molar-refractivity contribution in [2.75, 3.05) is 14.1 Å². The molecule has 1 atom stereocenters. The Balaban J connectivity index is 1.43. The van der Waals surface area contributed by atoms with E-state index in [0.29, 0.717) is 11.9 Å². The van der Waals surface area contributed by atoms with Gasteiger partial charge in [0.25, 0.3) is 0 Å². The standard InChI is InChI=1S/C29H28N6O4S/c1-34(2)40(38,39)33-28(36)13-14-29(37)35-27(23-11-12-24-26(18-23)31-16-15-30-24)19-25(32-35)22-10-6-9-21(17-22)20-7-4-3-5-8-20/h3-12,15-18,27H,13-14,19H2,1-2H3,(H,33,36). The maximum absolute atomic E-state index is 13.4. The molecular weight excluding hydrogens is 528 g/mol. The van der Waals surface area contributed by atoms with Crippen molar-refractivity contribution < 1.29 is 18.0 Å². The highest BCUT2D eigenvalue weighted by Gasteiger charge is 2.33. The van der Waals surface area contributed by atoms with E-state index < -0.39 is 28.1 Å². The van der Waals surface area contributed by atoms with Crippen molar-refractivity contribution in [3.05, 3.63) is 96.3 Å². The molecule has 0 radical (unpaired) electrons. The molecule has 0 aliphatic carbocycles. The number of carbonyl (C=O) groups excluding carboxylic acids is 2. The van der Waals surface area contributed by atoms with Gasteiger partial charge in [-0.1, -0.05) is 54.6 Å². The lowest BCUT2D eigenvalue weighted by Crippen LogP contribution is -2.39. The summed E-state index contributed by atoms with van der Waals surface area (Å²) in [4.78, 5) is 34.4. The second kappa shape index (κ2) is 11.3. The third-order valence-corrected chi connectivity index (χ3v) is 8.08. The van der Waals surface area contributed by atoms with Crippen LogP contribution in [-0.2, 0) is 19.8 Å². The van der Waals surface area contributed by atoms with Crippen LogP contribution in [0.15, 0.2) is 90.3 Å². The summed E-state index contributed by atoms with van der Waals surface area (Å²) in [5.41, 5.74) is 5.98. The molecule has 11 heteroatoms. The van der Waals surface area contributed by atoms with Crippen molar-refractivity contribution in [1.82, 2.24) is 24.0 Å². The fraction of sp³-hybridized carbons (Fsp3) is 0.207. The molecule has 1 aromatic heterocycles. The van der Waals surface area contributed by atoms with Gasteiger partial charge < -0.3 is 0 Å². The van der Waals surface area contributed by atoms with Crippen LogP contribution in [-0.4, -0.2) is 59.3 Å². The average Bonchev–Trinajstić information content (AvgIpc) is 3.42. The van der Waals surface area contributed by atoms with E-state index >= 15 is 0 Å². The normalized spacial score (nSPS) is 15.3. The molecule has 5 rings (SSSR count). The van der Waals surface area contributed by atoms with Crippen LogP contribution in [0.3, 0.4) is 0 Å². The van der Waals surface area contributed by atoms with Gasteiger partial charge in [-0.25, -0.2) is 9.73 Å². The van der Waals surface area contributed by atoms with E-state index in [-0.39, 0.29) is 12.8 Å². The molecule has 2 amide bonds. The molecule has 0 bridgehead atoms. The highest BCUT2D eigenvalue weighted by Crippen LogP contribution is 2.35. The van der Waals surface area contributed by atoms with Gasteiger partial charge in [0.1, 0.15) is 0 Å². The summed E-state index contributed by atoms with van der Waals surface area (Å²) in [7, 11) is -1.32. The lowest BCUT2D eigenvalue weighted by molar-refractivity contribution is -0.134. The molecular formula is C29H28N6O4S. The number of fused-ring (bicyclic) bond motifs is 1. The Kier molecular flexibility index (Phi) is 7.67. The maximum atomic E-state index is 13.4. The van der Waals surface area contributed by atoms with Crippen LogP contribution in [0.4, 0.5) is 0 Å². The van der Waals surface area contributed by atoms with E-state index in [1.165, 1.54) is 19.1 Å². The summed E-state index contributed by atoms with van der Waals surface area (Å²) in [6.07, 6.45) is 3.18. The second-order valence-electron chi connectivity index (χ2n) is 9.57. The number of carbonyl (C=O) groups is 2. The average molecular weight is 557 g/mol. The van der Waals surface area contributed by atoms with Gasteiger partial charge in [-0.15, -0.1) is 0 Å². The molecule has 204 valence electrons. The first-order valence-electron chi connectivity index (χ1n) is 12.7. The van der Waals surface area contributed by atoms with E-state index in [0.717, 1.165) is 37.8 Å². The highest BCUT2D eigenvalue weighted by atomic mass is 32.2. The minimum atomic E-state index is -3.94. The smallest absolute Gasteiger partial charge is 0.274 e. The van der Waals surface area contributed by atoms with Gasteiger partial charge in [0.2, 0.25) is 11.8 Å². The Morgan fingerprint density at radius 1 is 0.875 bits per heavy atom. The molecule has 1 unspecified atom stereocenters. The summed E-state index contributed by atoms with van der Waals surface area (Å²) >= 11 is 0. The fourth-order valence-corrected chi connectivity index (χ4v) is 5.06. The van der Waals surface area contributed by atoms with Gasteiger partial charge in [0, 0.05) is 45.8 Å². The Labute approximate surface area is 232 Å². The number of hydrogen-bond acceptors (Lipinski definition) is 7. The van der Waals surface area contributed by atoms with E-state index in [1.807, 2.05) is 77.5 Å². The number of nitrogens with one attached hydrogen (secondary N) is 1. The number of hydrazone groups is 1. The summed E-state index contributed by atoms with van der Waals surface area (Å²) < 4.78 is 26.8. The first-order valence-corrected chi connectivity index (χ1v) is 14.1. The quantitative estimate of drug-likeness (QED) is 0.353. The van der Waals surface area contributed by atoms with Crippen molar-refractivity contribution in [2.24, 2.45) is 5.10 Å². The SMILES string of the molecule is CN(C)S(=O)(=O)NC(=O)CCC(=O)N1N=C(c2cccc(-c3ccccc3)c2)CC1c1ccc2nccnc2c1. The van der Waals surface area contributed by atoms with E-state index in [4.69, 9.17) is 5.10 Å². The lowest BCUT2D eigenvalue weighted by atomic mass is 9.95. The van der Waals surface area contributed by atoms with Crippen LogP contribution in [0.2, 0.25) is 0 Å². The van der Waals surface area contributed by atoms with Gasteiger partial charge in [-0.2, -0.15) is 17.8 Å². The number of nitrogens with zero attached hydrogens (tertiary/aromatic N) is 5. The summed E-state index contributed by atoms with van der Waals surface area (Å²) in [6.45, 7) is 0. The van der Waals surface area contributed by atoms with E-state index in [9.17, 15) is 18.0 Å². The molecule has 4 aromatic rings. The topological polar surface area (TPSA) is 125 Å². The Bertz CT molecular complexity index is 1710. The molecule has 0 saturated heterocycles. The maximum Gasteiger partial charge on any atom is 0.303 e. The van der Waals surface area contributed by atoms with Crippen molar-refractivity contribution in [1.29, 1.82) is 0 Å². The van der Waals surface area contributed by atoms with Crippen molar-refractivity contribution in [3.8, 4) is 11.1 Å². The van der Waals surface area contributed by atoms with Gasteiger partial charge in [0.05, 0.1) is 22.8 Å². The number of hydrogen-bond donors (Lipinski definition) is 1. The van der Waals surface area contributed by atoms with Gasteiger partial charge in [-0.05, 0) is 40.5 Å². The number of amides is 2. The number of aromatic nitrogens is 2. The van der Waals surface area contributed by atoms with Crippen LogP contribution in [0.1, 0.15) is 36.4 Å². The van der Waals surface area contributed by atoms with Crippen LogP contribution < -0.4 is 4.72 Å². The Morgan fingerprint density at radius 3 is 2.33 bits per heavy atom. The van der Waals surface area contributed by atoms with Crippen LogP contribution in [0.5, 0.6) is 0 Å². The number of benzene rings is 3. The molecule has 10 nitrogen and oxygen atoms in total. The zero-order valence-electron chi connectivity index (χ0n) is 22.1. The van der Waals surface area contributed by atoms with Gasteiger partial charge in [-0.3, -0.25) is 19.6 Å². The Hall–Kier alpha value is -4.48. The molecule has 1 aliphatic rings. The first-order chi connectivity index (χ1) is 19.2. The predicted molar refractivity (Wildman–Crippen MR) is 152 cm³/mol. The third kappa shape index (κ3) is 5.90. The molecule has 1 aliphatic heterocycles. The predicted octanol–water partition coefficient (Wildman–Crippen LogP) is 3.68. The molecule has 0 fully saturated rings. The fourth-order valence-electron chi connectivity index (χ4n) is 4.49. The zero-order valence-corrected chi connectivity index (χ0v) is 22.9. The van der Waals surface area contributed by atoms with Crippen molar-refractivity contribution >= 4 is 38.8 Å². The van der Waals surface area contributed by atoms with Crippen LogP contribution in [0.25, 0.3) is 22.2 Å². The monoisotopic (exact) mass is 556 g/mol. The summed E-state index contributed by atoms with van der Waals surface area (Å²) in [5, 5.41) is 6.12. The molecule has 0 saturated carbocycles. The lowest BCUT2D eigenvalue weighted by Gasteiger charge is -2.22. The molecule has 40 heavy (non-hydrogen) atoms. The minimum Gasteiger partial charge on any atom is -0.274 e. The third-order valence-electron chi connectivity index (χ3n) is 6.64. The van der Waals surface area contributed by atoms with Crippen molar-refractivity contribution in [3.63, 3.8) is 0 Å².